The summed E-state index contributed by atoms with van der Waals surface area (Å²) in [5.41, 5.74) is 1.21. The number of carbonyl (C=O) groups excluding carboxylic acids is 3. The van der Waals surface area contributed by atoms with Crippen LogP contribution in [0.4, 0.5) is 4.39 Å². The number of aromatic amines is 1. The third-order valence-corrected chi connectivity index (χ3v) is 5.26. The molecule has 166 valence electrons. The maximum atomic E-state index is 15.0. The van der Waals surface area contributed by atoms with E-state index in [1.165, 1.54) is 25.3 Å². The van der Waals surface area contributed by atoms with Crippen molar-refractivity contribution in [3.63, 3.8) is 0 Å². The van der Waals surface area contributed by atoms with Crippen molar-refractivity contribution in [1.29, 1.82) is 0 Å². The van der Waals surface area contributed by atoms with Crippen LogP contribution in [0.25, 0.3) is 11.1 Å². The number of ether oxygens (including phenoxy) is 2. The van der Waals surface area contributed by atoms with Crippen LogP contribution in [0.5, 0.6) is 0 Å². The number of H-pyrrole nitrogens is 1. The summed E-state index contributed by atoms with van der Waals surface area (Å²) in [6, 6.07) is 12.1. The van der Waals surface area contributed by atoms with E-state index in [0.717, 1.165) is 0 Å². The van der Waals surface area contributed by atoms with Crippen molar-refractivity contribution in [2.45, 2.75) is 13.8 Å². The summed E-state index contributed by atoms with van der Waals surface area (Å²) in [5, 5.41) is 0. The SMILES string of the molecule is COC(=O)c1cc(C(=O)c2ccc(-c3ccccc3C(=O)OCC(C)C)cc2F)c(Br)[nH]1. The highest BCUT2D eigenvalue weighted by molar-refractivity contribution is 9.10. The summed E-state index contributed by atoms with van der Waals surface area (Å²) in [7, 11) is 1.22. The topological polar surface area (TPSA) is 85.5 Å². The van der Waals surface area contributed by atoms with Crippen LogP contribution in [-0.4, -0.2) is 36.4 Å². The lowest BCUT2D eigenvalue weighted by Crippen LogP contribution is -2.11. The molecule has 1 N–H and O–H groups in total. The van der Waals surface area contributed by atoms with Gasteiger partial charge in [0.1, 0.15) is 11.5 Å². The molecule has 0 bridgehead atoms. The Morgan fingerprint density at radius 3 is 2.38 bits per heavy atom. The molecule has 0 fully saturated rings. The molecule has 0 saturated carbocycles. The molecular formula is C24H21BrFNO5. The molecule has 0 atom stereocenters. The Morgan fingerprint density at radius 2 is 1.72 bits per heavy atom. The fourth-order valence-corrected chi connectivity index (χ4v) is 3.57. The van der Waals surface area contributed by atoms with Crippen LogP contribution >= 0.6 is 15.9 Å². The number of halogens is 2. The molecule has 32 heavy (non-hydrogen) atoms. The van der Waals surface area contributed by atoms with Crippen LogP contribution in [0.1, 0.15) is 50.6 Å². The van der Waals surface area contributed by atoms with Gasteiger partial charge in [-0.25, -0.2) is 14.0 Å². The van der Waals surface area contributed by atoms with Crippen LogP contribution in [0, 0.1) is 11.7 Å². The monoisotopic (exact) mass is 501 g/mol. The quantitative estimate of drug-likeness (QED) is 0.345. The van der Waals surface area contributed by atoms with E-state index in [9.17, 15) is 18.8 Å². The second kappa shape index (κ2) is 9.91. The molecule has 8 heteroatoms. The van der Waals surface area contributed by atoms with Gasteiger partial charge in [-0.1, -0.05) is 38.1 Å². The van der Waals surface area contributed by atoms with Crippen LogP contribution in [-0.2, 0) is 9.47 Å². The van der Waals surface area contributed by atoms with E-state index in [0.29, 0.717) is 16.7 Å². The molecule has 0 radical (unpaired) electrons. The molecule has 0 amide bonds. The summed E-state index contributed by atoms with van der Waals surface area (Å²) in [4.78, 5) is 39.7. The average Bonchev–Trinajstić information content (AvgIpc) is 3.18. The number of rotatable bonds is 7. The molecule has 0 aliphatic heterocycles. The van der Waals surface area contributed by atoms with Crippen LogP contribution in [0.3, 0.4) is 0 Å². The summed E-state index contributed by atoms with van der Waals surface area (Å²) >= 11 is 3.18. The zero-order chi connectivity index (χ0) is 23.4. The molecule has 1 aromatic heterocycles. The summed E-state index contributed by atoms with van der Waals surface area (Å²) < 4.78 is 25.1. The molecule has 3 aromatic rings. The first kappa shape index (κ1) is 23.4. The fraction of sp³-hybridized carbons (Fsp3) is 0.208. The third-order valence-electron chi connectivity index (χ3n) is 4.64. The van der Waals surface area contributed by atoms with E-state index in [-0.39, 0.29) is 33.9 Å². The summed E-state index contributed by atoms with van der Waals surface area (Å²) in [6.07, 6.45) is 0. The van der Waals surface area contributed by atoms with Crippen molar-refractivity contribution in [2.24, 2.45) is 5.92 Å². The number of methoxy groups -OCH3 is 1. The normalized spacial score (nSPS) is 10.8. The van der Waals surface area contributed by atoms with Crippen LogP contribution < -0.4 is 0 Å². The first-order valence-electron chi connectivity index (χ1n) is 9.80. The lowest BCUT2D eigenvalue weighted by Gasteiger charge is -2.12. The van der Waals surface area contributed by atoms with Gasteiger partial charge in [-0.15, -0.1) is 0 Å². The number of esters is 2. The summed E-state index contributed by atoms with van der Waals surface area (Å²) in [6.45, 7) is 4.14. The standard InChI is InChI=1S/C24H21BrFNO5/c1-13(2)12-32-23(29)16-7-5-4-6-15(16)14-8-9-17(19(26)10-14)21(28)18-11-20(24(30)31-3)27-22(18)25/h4-11,13,27H,12H2,1-3H3. The van der Waals surface area contributed by atoms with Gasteiger partial charge in [0.05, 0.1) is 35.0 Å². The molecular weight excluding hydrogens is 481 g/mol. The fourth-order valence-electron chi connectivity index (χ4n) is 3.06. The molecule has 0 spiro atoms. The lowest BCUT2D eigenvalue weighted by atomic mass is 9.96. The van der Waals surface area contributed by atoms with E-state index in [2.05, 4.69) is 25.7 Å². The second-order valence-electron chi connectivity index (χ2n) is 7.46. The Bertz CT molecular complexity index is 1180. The van der Waals surface area contributed by atoms with Crippen LogP contribution in [0.15, 0.2) is 53.1 Å². The number of carbonyl (C=O) groups is 3. The highest BCUT2D eigenvalue weighted by Crippen LogP contribution is 2.28. The number of benzene rings is 2. The Kier molecular flexibility index (Phi) is 7.25. The number of hydrogen-bond acceptors (Lipinski definition) is 5. The molecule has 0 aliphatic carbocycles. The molecule has 2 aromatic carbocycles. The predicted octanol–water partition coefficient (Wildman–Crippen LogP) is 5.41. The van der Waals surface area contributed by atoms with Gasteiger partial charge in [-0.05, 0) is 57.2 Å². The number of hydrogen-bond donors (Lipinski definition) is 1. The zero-order valence-electron chi connectivity index (χ0n) is 17.7. The maximum absolute atomic E-state index is 15.0. The first-order chi connectivity index (χ1) is 15.2. The van der Waals surface area contributed by atoms with Gasteiger partial charge in [0.2, 0.25) is 0 Å². The molecule has 6 nitrogen and oxygen atoms in total. The van der Waals surface area contributed by atoms with Gasteiger partial charge in [0, 0.05) is 0 Å². The highest BCUT2D eigenvalue weighted by atomic mass is 79.9. The van der Waals surface area contributed by atoms with E-state index >= 15 is 0 Å². The van der Waals surface area contributed by atoms with E-state index in [4.69, 9.17) is 4.74 Å². The van der Waals surface area contributed by atoms with Gasteiger partial charge in [-0.3, -0.25) is 4.79 Å². The van der Waals surface area contributed by atoms with E-state index in [1.807, 2.05) is 13.8 Å². The Labute approximate surface area is 192 Å². The van der Waals surface area contributed by atoms with Gasteiger partial charge in [0.25, 0.3) is 0 Å². The van der Waals surface area contributed by atoms with Crippen molar-refractivity contribution < 1.29 is 28.2 Å². The molecule has 3 rings (SSSR count). The molecule has 0 saturated heterocycles. The van der Waals surface area contributed by atoms with E-state index in [1.54, 1.807) is 30.3 Å². The van der Waals surface area contributed by atoms with E-state index < -0.39 is 23.5 Å². The minimum absolute atomic E-state index is 0.0635. The van der Waals surface area contributed by atoms with Crippen molar-refractivity contribution in [1.82, 2.24) is 4.98 Å². The molecule has 1 heterocycles. The average molecular weight is 502 g/mol. The Morgan fingerprint density at radius 1 is 1.00 bits per heavy atom. The Hall–Kier alpha value is -3.26. The van der Waals surface area contributed by atoms with Crippen molar-refractivity contribution in [3.05, 3.63) is 81.3 Å². The molecule has 0 aliphatic rings. The number of aromatic nitrogens is 1. The van der Waals surface area contributed by atoms with Gasteiger partial charge in [-0.2, -0.15) is 0 Å². The van der Waals surface area contributed by atoms with Gasteiger partial charge >= 0.3 is 11.9 Å². The first-order valence-corrected chi connectivity index (χ1v) is 10.6. The minimum atomic E-state index is -0.759. The number of ketones is 1. The Balaban J connectivity index is 1.93. The maximum Gasteiger partial charge on any atom is 0.354 e. The second-order valence-corrected chi connectivity index (χ2v) is 8.26. The smallest absolute Gasteiger partial charge is 0.354 e. The van der Waals surface area contributed by atoms with Crippen molar-refractivity contribution in [3.8, 4) is 11.1 Å². The lowest BCUT2D eigenvalue weighted by molar-refractivity contribution is 0.0459. The largest absolute Gasteiger partial charge is 0.464 e. The van der Waals surface area contributed by atoms with Crippen molar-refractivity contribution in [2.75, 3.05) is 13.7 Å². The summed E-state index contributed by atoms with van der Waals surface area (Å²) in [5.74, 6) is -2.34. The van der Waals surface area contributed by atoms with Crippen LogP contribution in [0.2, 0.25) is 0 Å². The van der Waals surface area contributed by atoms with Gasteiger partial charge < -0.3 is 14.5 Å². The highest BCUT2D eigenvalue weighted by Gasteiger charge is 2.22. The molecule has 0 unspecified atom stereocenters. The zero-order valence-corrected chi connectivity index (χ0v) is 19.3. The minimum Gasteiger partial charge on any atom is -0.464 e. The van der Waals surface area contributed by atoms with Gasteiger partial charge in [0.15, 0.2) is 5.78 Å². The predicted molar refractivity (Wildman–Crippen MR) is 120 cm³/mol. The van der Waals surface area contributed by atoms with Crippen molar-refractivity contribution >= 4 is 33.7 Å². The third kappa shape index (κ3) is 4.96. The number of nitrogens with one attached hydrogen (secondary N) is 1.